The zero-order valence-corrected chi connectivity index (χ0v) is 12.0. The number of hydrogen-bond donors (Lipinski definition) is 1. The summed E-state index contributed by atoms with van der Waals surface area (Å²) in [5.74, 6) is -0.337. The number of para-hydroxylation sites is 1. The zero-order chi connectivity index (χ0) is 14.0. The van der Waals surface area contributed by atoms with Gasteiger partial charge in [-0.1, -0.05) is 23.7 Å². The van der Waals surface area contributed by atoms with Gasteiger partial charge in [0.1, 0.15) is 6.04 Å². The Morgan fingerprint density at radius 2 is 2.11 bits per heavy atom. The van der Waals surface area contributed by atoms with Gasteiger partial charge in [-0.25, -0.2) is 8.42 Å². The Morgan fingerprint density at radius 1 is 1.42 bits per heavy atom. The van der Waals surface area contributed by atoms with E-state index in [0.29, 0.717) is 30.1 Å². The molecule has 5 nitrogen and oxygen atoms in total. The van der Waals surface area contributed by atoms with Gasteiger partial charge in [-0.2, -0.15) is 4.31 Å². The minimum absolute atomic E-state index is 0.337. The average Bonchev–Trinajstić information content (AvgIpc) is 2.81. The fourth-order valence-electron chi connectivity index (χ4n) is 2.18. The molecule has 0 bridgehead atoms. The maximum absolute atomic E-state index is 12.1. The van der Waals surface area contributed by atoms with Gasteiger partial charge in [-0.3, -0.25) is 4.79 Å². The van der Waals surface area contributed by atoms with Crippen LogP contribution in [-0.2, 0) is 14.8 Å². The van der Waals surface area contributed by atoms with Crippen LogP contribution in [0.5, 0.6) is 0 Å². The number of benzene rings is 1. The molecule has 0 aliphatic carbocycles. The van der Waals surface area contributed by atoms with Crippen LogP contribution in [0.4, 0.5) is 5.69 Å². The van der Waals surface area contributed by atoms with Crippen LogP contribution in [-0.4, -0.2) is 37.5 Å². The van der Waals surface area contributed by atoms with Gasteiger partial charge in [0.25, 0.3) is 0 Å². The summed E-state index contributed by atoms with van der Waals surface area (Å²) in [6.07, 6.45) is 2.34. The first-order valence-electron chi connectivity index (χ1n) is 5.92. The second-order valence-electron chi connectivity index (χ2n) is 4.50. The molecule has 1 saturated heterocycles. The Hall–Kier alpha value is -1.11. The highest BCUT2D eigenvalue weighted by atomic mass is 35.5. The lowest BCUT2D eigenvalue weighted by molar-refractivity contribution is -0.119. The molecule has 1 aliphatic rings. The SMILES string of the molecule is CS(=O)(=O)N1CCCC1C(=O)Nc1ccccc1Cl. The topological polar surface area (TPSA) is 66.5 Å². The highest BCUT2D eigenvalue weighted by Crippen LogP contribution is 2.24. The lowest BCUT2D eigenvalue weighted by Crippen LogP contribution is -2.42. The van der Waals surface area contributed by atoms with Crippen molar-refractivity contribution in [2.45, 2.75) is 18.9 Å². The first-order chi connectivity index (χ1) is 8.89. The van der Waals surface area contributed by atoms with E-state index in [-0.39, 0.29) is 5.91 Å². The van der Waals surface area contributed by atoms with E-state index in [1.165, 1.54) is 4.31 Å². The molecule has 1 aromatic carbocycles. The van der Waals surface area contributed by atoms with E-state index in [1.54, 1.807) is 24.3 Å². The number of nitrogens with zero attached hydrogens (tertiary/aromatic N) is 1. The highest BCUT2D eigenvalue weighted by molar-refractivity contribution is 7.88. The predicted molar refractivity (Wildman–Crippen MR) is 74.7 cm³/mol. The Bertz CT molecular complexity index is 588. The number of anilines is 1. The summed E-state index contributed by atoms with van der Waals surface area (Å²) >= 11 is 5.95. The third kappa shape index (κ3) is 3.26. The predicted octanol–water partition coefficient (Wildman–Crippen LogP) is 1.70. The summed E-state index contributed by atoms with van der Waals surface area (Å²) in [5.41, 5.74) is 0.495. The van der Waals surface area contributed by atoms with Gasteiger partial charge in [0.05, 0.1) is 17.0 Å². The van der Waals surface area contributed by atoms with Gasteiger partial charge in [0.15, 0.2) is 0 Å². The maximum Gasteiger partial charge on any atom is 0.242 e. The van der Waals surface area contributed by atoms with Gasteiger partial charge in [-0.05, 0) is 25.0 Å². The molecule has 0 aromatic heterocycles. The van der Waals surface area contributed by atoms with Crippen molar-refractivity contribution in [3.8, 4) is 0 Å². The summed E-state index contributed by atoms with van der Waals surface area (Å²) in [5, 5.41) is 3.11. The standard InChI is InChI=1S/C12H15ClN2O3S/c1-19(17,18)15-8-4-7-11(15)12(16)14-10-6-3-2-5-9(10)13/h2-3,5-6,11H,4,7-8H2,1H3,(H,14,16). The number of rotatable bonds is 3. The van der Waals surface area contributed by atoms with Crippen molar-refractivity contribution >= 4 is 33.2 Å². The van der Waals surface area contributed by atoms with E-state index in [2.05, 4.69) is 5.32 Å². The van der Waals surface area contributed by atoms with Crippen LogP contribution in [0.1, 0.15) is 12.8 Å². The Labute approximate surface area is 117 Å². The van der Waals surface area contributed by atoms with E-state index >= 15 is 0 Å². The molecule has 2 rings (SSSR count). The van der Waals surface area contributed by atoms with Crippen LogP contribution in [0.3, 0.4) is 0 Å². The third-order valence-electron chi connectivity index (χ3n) is 3.06. The van der Waals surface area contributed by atoms with Crippen molar-refractivity contribution in [3.05, 3.63) is 29.3 Å². The summed E-state index contributed by atoms with van der Waals surface area (Å²) < 4.78 is 24.4. The number of sulfonamides is 1. The van der Waals surface area contributed by atoms with Crippen LogP contribution in [0.25, 0.3) is 0 Å². The number of carbonyl (C=O) groups excluding carboxylic acids is 1. The molecule has 1 fully saturated rings. The third-order valence-corrected chi connectivity index (χ3v) is 4.68. The van der Waals surface area contributed by atoms with E-state index in [0.717, 1.165) is 6.26 Å². The molecular weight excluding hydrogens is 288 g/mol. The largest absolute Gasteiger partial charge is 0.323 e. The molecule has 1 atom stereocenters. The van der Waals surface area contributed by atoms with E-state index in [1.807, 2.05) is 0 Å². The average molecular weight is 303 g/mol. The summed E-state index contributed by atoms with van der Waals surface area (Å²) in [4.78, 5) is 12.1. The van der Waals surface area contributed by atoms with Gasteiger partial charge < -0.3 is 5.32 Å². The summed E-state index contributed by atoms with van der Waals surface area (Å²) in [6, 6.07) is 6.22. The molecule has 104 valence electrons. The van der Waals surface area contributed by atoms with E-state index < -0.39 is 16.1 Å². The number of carbonyl (C=O) groups is 1. The molecule has 1 unspecified atom stereocenters. The second-order valence-corrected chi connectivity index (χ2v) is 6.84. The van der Waals surface area contributed by atoms with E-state index in [9.17, 15) is 13.2 Å². The van der Waals surface area contributed by atoms with E-state index in [4.69, 9.17) is 11.6 Å². The molecule has 0 saturated carbocycles. The smallest absolute Gasteiger partial charge is 0.242 e. The van der Waals surface area contributed by atoms with Crippen LogP contribution >= 0.6 is 11.6 Å². The van der Waals surface area contributed by atoms with Gasteiger partial charge in [-0.15, -0.1) is 0 Å². The normalized spacial score (nSPS) is 20.4. The van der Waals surface area contributed by atoms with Crippen LogP contribution in [0.15, 0.2) is 24.3 Å². The van der Waals surface area contributed by atoms with Crippen LogP contribution < -0.4 is 5.32 Å². The molecule has 0 radical (unpaired) electrons. The van der Waals surface area contributed by atoms with Crippen molar-refractivity contribution in [1.29, 1.82) is 0 Å². The van der Waals surface area contributed by atoms with Crippen molar-refractivity contribution in [3.63, 3.8) is 0 Å². The number of amides is 1. The monoisotopic (exact) mass is 302 g/mol. The molecule has 1 amide bonds. The Balaban J connectivity index is 2.14. The first-order valence-corrected chi connectivity index (χ1v) is 8.14. The zero-order valence-electron chi connectivity index (χ0n) is 10.5. The molecule has 1 aromatic rings. The van der Waals surface area contributed by atoms with Gasteiger partial charge in [0, 0.05) is 6.54 Å². The molecule has 7 heteroatoms. The van der Waals surface area contributed by atoms with Crippen molar-refractivity contribution < 1.29 is 13.2 Å². The Kier molecular flexibility index (Phi) is 4.13. The van der Waals surface area contributed by atoms with Crippen molar-refractivity contribution in [2.24, 2.45) is 0 Å². The minimum atomic E-state index is -3.36. The quantitative estimate of drug-likeness (QED) is 0.924. The fourth-order valence-corrected chi connectivity index (χ4v) is 3.48. The number of nitrogens with one attached hydrogen (secondary N) is 1. The maximum atomic E-state index is 12.1. The number of hydrogen-bond acceptors (Lipinski definition) is 3. The van der Waals surface area contributed by atoms with Crippen LogP contribution in [0.2, 0.25) is 5.02 Å². The highest BCUT2D eigenvalue weighted by Gasteiger charge is 2.36. The van der Waals surface area contributed by atoms with Gasteiger partial charge >= 0.3 is 0 Å². The Morgan fingerprint density at radius 3 is 2.74 bits per heavy atom. The lowest BCUT2D eigenvalue weighted by atomic mass is 10.2. The molecular formula is C12H15ClN2O3S. The van der Waals surface area contributed by atoms with Gasteiger partial charge in [0.2, 0.25) is 15.9 Å². The van der Waals surface area contributed by atoms with Crippen molar-refractivity contribution in [2.75, 3.05) is 18.1 Å². The minimum Gasteiger partial charge on any atom is -0.323 e. The fraction of sp³-hybridized carbons (Fsp3) is 0.417. The molecule has 1 aliphatic heterocycles. The van der Waals surface area contributed by atoms with Crippen molar-refractivity contribution in [1.82, 2.24) is 4.31 Å². The first kappa shape index (κ1) is 14.3. The summed E-state index contributed by atoms with van der Waals surface area (Å²) in [7, 11) is -3.36. The van der Waals surface area contributed by atoms with Crippen LogP contribution in [0, 0.1) is 0 Å². The second kappa shape index (κ2) is 5.48. The molecule has 1 N–H and O–H groups in total. The lowest BCUT2D eigenvalue weighted by Gasteiger charge is -2.21. The molecule has 19 heavy (non-hydrogen) atoms. The summed E-state index contributed by atoms with van der Waals surface area (Å²) in [6.45, 7) is 0.388. The molecule has 0 spiro atoms. The molecule has 1 heterocycles. The number of halogens is 1.